The highest BCUT2D eigenvalue weighted by molar-refractivity contribution is 6.00. The fourth-order valence-corrected chi connectivity index (χ4v) is 9.71. The molecule has 3 unspecified atom stereocenters. The first kappa shape index (κ1) is 48.3. The molecule has 3 aliphatic heterocycles. The Kier molecular flexibility index (Phi) is 16.0. The number of aryl methyl sites for hydroxylation is 1. The molecule has 1 amide bonds. The summed E-state index contributed by atoms with van der Waals surface area (Å²) in [6.45, 7) is 14.4. The van der Waals surface area contributed by atoms with E-state index in [4.69, 9.17) is 34.2 Å². The summed E-state index contributed by atoms with van der Waals surface area (Å²) >= 11 is 0. The van der Waals surface area contributed by atoms with Gasteiger partial charge in [0, 0.05) is 69.5 Å². The molecular formula is C44H71N7O10. The maximum Gasteiger partial charge on any atom is 0.410 e. The molecule has 0 aliphatic carbocycles. The van der Waals surface area contributed by atoms with Crippen molar-refractivity contribution in [3.63, 3.8) is 0 Å². The Morgan fingerprint density at radius 1 is 1.05 bits per heavy atom. The number of nitrogen functional groups attached to an aromatic ring is 1. The van der Waals surface area contributed by atoms with E-state index < -0.39 is 71.7 Å². The van der Waals surface area contributed by atoms with Gasteiger partial charge >= 0.3 is 12.1 Å². The first-order valence-corrected chi connectivity index (χ1v) is 21.8. The third-order valence-corrected chi connectivity index (χ3v) is 13.2. The number of anilines is 1. The molecule has 2 aromatic rings. The Labute approximate surface area is 361 Å². The number of hydrogen-bond acceptors (Lipinski definition) is 15. The molecule has 61 heavy (non-hydrogen) atoms. The van der Waals surface area contributed by atoms with Gasteiger partial charge in [-0.3, -0.25) is 19.2 Å². The van der Waals surface area contributed by atoms with Crippen molar-refractivity contribution in [3.05, 3.63) is 30.5 Å². The molecule has 1 aromatic heterocycles. The quantitative estimate of drug-likeness (QED) is 0.101. The van der Waals surface area contributed by atoms with E-state index in [1.807, 2.05) is 77.3 Å². The molecule has 3 saturated heterocycles. The molecule has 0 spiro atoms. The van der Waals surface area contributed by atoms with Gasteiger partial charge in [0.1, 0.15) is 29.9 Å². The number of amides is 1. The van der Waals surface area contributed by atoms with Crippen LogP contribution in [0.3, 0.4) is 0 Å². The van der Waals surface area contributed by atoms with Crippen molar-refractivity contribution in [3.8, 4) is 11.3 Å². The van der Waals surface area contributed by atoms with Gasteiger partial charge in [-0.1, -0.05) is 38.1 Å². The smallest absolute Gasteiger partial charge is 0.410 e. The highest BCUT2D eigenvalue weighted by Gasteiger charge is 2.59. The van der Waals surface area contributed by atoms with Crippen LogP contribution in [0.15, 0.2) is 30.5 Å². The van der Waals surface area contributed by atoms with Crippen LogP contribution in [0.4, 0.5) is 10.5 Å². The fourth-order valence-electron chi connectivity index (χ4n) is 9.71. The van der Waals surface area contributed by atoms with Crippen LogP contribution in [0.1, 0.15) is 80.6 Å². The topological polar surface area (TPSA) is 193 Å². The van der Waals surface area contributed by atoms with Crippen molar-refractivity contribution >= 4 is 23.5 Å². The summed E-state index contributed by atoms with van der Waals surface area (Å²) in [4.78, 5) is 48.4. The molecule has 342 valence electrons. The summed E-state index contributed by atoms with van der Waals surface area (Å²) < 4.78 is 39.6. The van der Waals surface area contributed by atoms with Crippen molar-refractivity contribution in [1.29, 1.82) is 0 Å². The molecule has 3 aliphatic rings. The van der Waals surface area contributed by atoms with E-state index >= 15 is 0 Å². The van der Waals surface area contributed by atoms with Gasteiger partial charge in [0.2, 0.25) is 0 Å². The highest BCUT2D eigenvalue weighted by atomic mass is 16.7. The lowest BCUT2D eigenvalue weighted by molar-refractivity contribution is -0.341. The van der Waals surface area contributed by atoms with Gasteiger partial charge in [-0.15, -0.1) is 5.10 Å². The second kappa shape index (κ2) is 20.2. The van der Waals surface area contributed by atoms with Crippen LogP contribution >= 0.6 is 0 Å². The summed E-state index contributed by atoms with van der Waals surface area (Å²) in [7, 11) is 8.78. The second-order valence-electron chi connectivity index (χ2n) is 18.0. The van der Waals surface area contributed by atoms with Crippen LogP contribution in [0.25, 0.3) is 11.3 Å². The van der Waals surface area contributed by atoms with E-state index in [0.29, 0.717) is 51.0 Å². The minimum absolute atomic E-state index is 0.119. The number of likely N-dealkylation sites (N-methyl/N-ethyl adjacent to an activating group) is 2. The number of aliphatic hydroxyl groups excluding tert-OH is 1. The number of aliphatic hydroxyl groups is 1. The molecule has 17 nitrogen and oxygen atoms in total. The van der Waals surface area contributed by atoms with E-state index in [0.717, 1.165) is 11.3 Å². The van der Waals surface area contributed by atoms with Gasteiger partial charge in [0.15, 0.2) is 23.5 Å². The first-order chi connectivity index (χ1) is 28.8. The molecule has 4 heterocycles. The normalized spacial score (nSPS) is 34.4. The molecule has 12 atom stereocenters. The zero-order valence-electron chi connectivity index (χ0n) is 38.3. The lowest BCUT2D eigenvalue weighted by atomic mass is 9.83. The average molecular weight is 858 g/mol. The lowest BCUT2D eigenvalue weighted by Crippen LogP contribution is -2.61. The van der Waals surface area contributed by atoms with Crippen molar-refractivity contribution in [2.75, 3.05) is 54.2 Å². The number of ketones is 1. The van der Waals surface area contributed by atoms with E-state index in [9.17, 15) is 19.5 Å². The zero-order valence-corrected chi connectivity index (χ0v) is 38.3. The first-order valence-electron chi connectivity index (χ1n) is 21.8. The predicted molar refractivity (Wildman–Crippen MR) is 228 cm³/mol. The van der Waals surface area contributed by atoms with Gasteiger partial charge in [0.05, 0.1) is 18.3 Å². The van der Waals surface area contributed by atoms with Gasteiger partial charge in [-0.25, -0.2) is 4.79 Å². The van der Waals surface area contributed by atoms with E-state index in [1.54, 1.807) is 16.5 Å². The highest BCUT2D eigenvalue weighted by Crippen LogP contribution is 2.41. The minimum atomic E-state index is -1.50. The molecular weight excluding hydrogens is 787 g/mol. The molecule has 1 aromatic carbocycles. The number of methoxy groups -OCH3 is 2. The Bertz CT molecular complexity index is 1790. The van der Waals surface area contributed by atoms with E-state index in [2.05, 4.69) is 29.1 Å². The molecule has 17 heteroatoms. The third kappa shape index (κ3) is 10.4. The Hall–Kier alpha value is -3.71. The summed E-state index contributed by atoms with van der Waals surface area (Å²) in [6, 6.07) is 6.40. The van der Waals surface area contributed by atoms with Crippen molar-refractivity contribution in [2.45, 2.75) is 147 Å². The number of hydrogen-bond donors (Lipinski definition) is 2. The van der Waals surface area contributed by atoms with Crippen LogP contribution in [0, 0.1) is 17.8 Å². The van der Waals surface area contributed by atoms with Crippen molar-refractivity contribution in [2.24, 2.45) is 17.8 Å². The molecule has 0 saturated carbocycles. The fraction of sp³-hybridized carbons (Fsp3) is 0.750. The second-order valence-corrected chi connectivity index (χ2v) is 18.0. The number of nitrogens with two attached hydrogens (primary N) is 1. The Morgan fingerprint density at radius 2 is 1.74 bits per heavy atom. The largest absolute Gasteiger partial charge is 0.458 e. The number of esters is 1. The SMILES string of the molecule is CC[C@H]1OC(=O)[C@H](C)C(=O)[C@H](C)[C@@H](O[C@@H]2OC(C)CC(N(C)C)C2O)C(OC)(OC)C[C@@H](C)CN(C)[C@H](C)[C@H]2N(CCCCn3cc(-c4cccc(N)c4)nn3)C(=O)O[C@]12C. The van der Waals surface area contributed by atoms with Crippen molar-refractivity contribution in [1.82, 2.24) is 29.7 Å². The Morgan fingerprint density at radius 3 is 2.38 bits per heavy atom. The summed E-state index contributed by atoms with van der Waals surface area (Å²) in [5.74, 6) is -5.04. The molecule has 3 fully saturated rings. The molecule has 0 radical (unpaired) electrons. The van der Waals surface area contributed by atoms with Crippen LogP contribution in [-0.4, -0.2) is 161 Å². The zero-order chi connectivity index (χ0) is 45.0. The summed E-state index contributed by atoms with van der Waals surface area (Å²) in [5.41, 5.74) is 6.97. The van der Waals surface area contributed by atoms with Gasteiger partial charge in [0.25, 0.3) is 0 Å². The predicted octanol–water partition coefficient (Wildman–Crippen LogP) is 4.21. The summed E-state index contributed by atoms with van der Waals surface area (Å²) in [6.07, 6.45) is -0.477. The standard InChI is InChI=1S/C44H71N7O10/c1-13-35-43(7)38(51(42(55)61-43)20-15-14-19-50-25-33(46-47-50)31-17-16-18-32(45)22-31)30(6)49(10)24-26(2)23-44(56-11,57-12)39(28(4)36(52)29(5)40(54)59-35)60-41-37(53)34(48(8)9)21-27(3)58-41/h16-18,22,25-30,34-35,37-39,41,53H,13-15,19-21,23-24,45H2,1-12H3/t26-,27?,28+,29-,30-,34?,35-,37?,38-,39-,41+,43-/m1/s1. The Balaban J connectivity index is 1.42. The number of benzene rings is 1. The number of fused-ring (bicyclic) bond motifs is 1. The number of carbonyl (C=O) groups excluding carboxylic acids is 3. The minimum Gasteiger partial charge on any atom is -0.458 e. The number of aromatic nitrogens is 3. The third-order valence-electron chi connectivity index (χ3n) is 13.2. The maximum atomic E-state index is 14.5. The van der Waals surface area contributed by atoms with E-state index in [1.165, 1.54) is 21.1 Å². The van der Waals surface area contributed by atoms with Crippen molar-refractivity contribution < 1.29 is 47.9 Å². The molecule has 0 bridgehead atoms. The number of Topliss-reactive ketones (excluding diaryl/α,β-unsaturated/α-hetero) is 1. The number of unbranched alkanes of at least 4 members (excludes halogenated alkanes) is 1. The van der Waals surface area contributed by atoms with Crippen LogP contribution in [0.2, 0.25) is 0 Å². The average Bonchev–Trinajstić information content (AvgIpc) is 3.80. The number of rotatable bonds is 12. The maximum absolute atomic E-state index is 14.5. The number of ether oxygens (including phenoxy) is 6. The van der Waals surface area contributed by atoms with Crippen LogP contribution in [-0.2, 0) is 44.6 Å². The van der Waals surface area contributed by atoms with Gasteiger partial charge in [-0.2, -0.15) is 0 Å². The monoisotopic (exact) mass is 858 g/mol. The van der Waals surface area contributed by atoms with Gasteiger partial charge < -0.3 is 49.1 Å². The molecule has 3 N–H and O–H groups in total. The van der Waals surface area contributed by atoms with E-state index in [-0.39, 0.29) is 30.5 Å². The lowest BCUT2D eigenvalue weighted by Gasteiger charge is -2.47. The number of cyclic esters (lactones) is 1. The van der Waals surface area contributed by atoms with Gasteiger partial charge in [-0.05, 0) is 92.6 Å². The molecule has 5 rings (SSSR count). The van der Waals surface area contributed by atoms with Crippen LogP contribution < -0.4 is 5.73 Å². The number of nitrogens with zero attached hydrogens (tertiary/aromatic N) is 6. The van der Waals surface area contributed by atoms with Crippen LogP contribution in [0.5, 0.6) is 0 Å². The number of carbonyl (C=O) groups is 3. The summed E-state index contributed by atoms with van der Waals surface area (Å²) in [5, 5.41) is 20.1.